The highest BCUT2D eigenvalue weighted by Gasteiger charge is 2.23. The van der Waals surface area contributed by atoms with E-state index in [1.54, 1.807) is 0 Å². The predicted molar refractivity (Wildman–Crippen MR) is 154 cm³/mol. The first-order valence-corrected chi connectivity index (χ1v) is 14.6. The summed E-state index contributed by atoms with van der Waals surface area (Å²) in [7, 11) is 1.41. The van der Waals surface area contributed by atoms with Gasteiger partial charge in [-0.3, -0.25) is 33.7 Å². The molecule has 0 saturated carbocycles. The number of aliphatic hydroxyl groups excluding tert-OH is 1. The van der Waals surface area contributed by atoms with E-state index in [0.29, 0.717) is 12.8 Å². The van der Waals surface area contributed by atoms with Crippen LogP contribution in [0.2, 0.25) is 0 Å². The molecular formula is C28H46N4O12. The maximum atomic E-state index is 11.9. The molecule has 5 amide bonds. The average Bonchev–Trinajstić information content (AvgIpc) is 3.33. The smallest absolute Gasteiger partial charge is 0.305 e. The minimum Gasteiger partial charge on any atom is -0.460 e. The molecule has 0 aromatic heterocycles. The highest BCUT2D eigenvalue weighted by atomic mass is 16.7. The van der Waals surface area contributed by atoms with Gasteiger partial charge >= 0.3 is 5.97 Å². The molecule has 250 valence electrons. The topological polar surface area (TPSA) is 208 Å². The van der Waals surface area contributed by atoms with Crippen LogP contribution in [0.3, 0.4) is 0 Å². The zero-order valence-electron chi connectivity index (χ0n) is 25.5. The first kappa shape index (κ1) is 38.6. The lowest BCUT2D eigenvalue weighted by molar-refractivity contribution is -0.194. The van der Waals surface area contributed by atoms with Crippen LogP contribution >= 0.6 is 0 Å². The molecule has 0 aromatic carbocycles. The van der Waals surface area contributed by atoms with Crippen molar-refractivity contribution in [3.05, 3.63) is 12.2 Å². The molecule has 1 rings (SSSR count). The fourth-order valence-electron chi connectivity index (χ4n) is 3.56. The molecule has 0 bridgehead atoms. The third-order valence-corrected chi connectivity index (χ3v) is 6.08. The van der Waals surface area contributed by atoms with Crippen molar-refractivity contribution in [3.8, 4) is 0 Å². The molecule has 0 aromatic rings. The Labute approximate surface area is 257 Å². The summed E-state index contributed by atoms with van der Waals surface area (Å²) in [6.07, 6.45) is 2.33. The molecule has 44 heavy (non-hydrogen) atoms. The minimum atomic E-state index is -0.784. The van der Waals surface area contributed by atoms with E-state index in [0.717, 1.165) is 4.90 Å². The fraction of sp³-hybridized carbons (Fsp3) is 0.714. The number of amides is 5. The Morgan fingerprint density at radius 3 is 2.02 bits per heavy atom. The van der Waals surface area contributed by atoms with Gasteiger partial charge in [-0.2, -0.15) is 0 Å². The molecule has 16 heteroatoms. The second-order valence-electron chi connectivity index (χ2n) is 9.49. The van der Waals surface area contributed by atoms with Crippen molar-refractivity contribution in [3.63, 3.8) is 0 Å². The number of hydrogen-bond acceptors (Lipinski definition) is 12. The third-order valence-electron chi connectivity index (χ3n) is 6.08. The second kappa shape index (κ2) is 23.9. The first-order valence-electron chi connectivity index (χ1n) is 14.6. The number of carbonyl (C=O) groups is 6. The Morgan fingerprint density at radius 2 is 1.41 bits per heavy atom. The van der Waals surface area contributed by atoms with Gasteiger partial charge in [0, 0.05) is 71.1 Å². The molecule has 1 aliphatic rings. The van der Waals surface area contributed by atoms with Crippen LogP contribution in [0.5, 0.6) is 0 Å². The summed E-state index contributed by atoms with van der Waals surface area (Å²) >= 11 is 0. The molecule has 0 saturated heterocycles. The van der Waals surface area contributed by atoms with Gasteiger partial charge in [-0.1, -0.05) is 6.92 Å². The zero-order chi connectivity index (χ0) is 32.6. The molecule has 2 atom stereocenters. The summed E-state index contributed by atoms with van der Waals surface area (Å²) in [5.74, 6) is -2.14. The SMILES string of the molecule is CCC(CO)OC(COC(=O)CCCC(=O)NCCNC(=O)CCOCCOCCNC(=O)CCN1C(=O)C=CC1=O)OC. The summed E-state index contributed by atoms with van der Waals surface area (Å²) < 4.78 is 26.3. The Morgan fingerprint density at radius 1 is 0.818 bits per heavy atom. The minimum absolute atomic E-state index is 0.00954. The van der Waals surface area contributed by atoms with Crippen LogP contribution in [0.25, 0.3) is 0 Å². The predicted octanol–water partition coefficient (Wildman–Crippen LogP) is -1.45. The Balaban J connectivity index is 1.92. The van der Waals surface area contributed by atoms with Gasteiger partial charge in [-0.25, -0.2) is 0 Å². The highest BCUT2D eigenvalue weighted by Crippen LogP contribution is 2.06. The lowest BCUT2D eigenvalue weighted by Crippen LogP contribution is -2.35. The van der Waals surface area contributed by atoms with Crippen LogP contribution in [0, 0.1) is 0 Å². The number of imide groups is 1. The van der Waals surface area contributed by atoms with Gasteiger partial charge in [0.15, 0.2) is 6.29 Å². The van der Waals surface area contributed by atoms with Crippen LogP contribution in [-0.2, 0) is 52.5 Å². The Hall–Kier alpha value is -3.44. The molecule has 0 radical (unpaired) electrons. The van der Waals surface area contributed by atoms with Crippen LogP contribution < -0.4 is 16.0 Å². The maximum absolute atomic E-state index is 11.9. The number of carbonyl (C=O) groups excluding carboxylic acids is 6. The molecule has 16 nitrogen and oxygen atoms in total. The van der Waals surface area contributed by atoms with Crippen molar-refractivity contribution >= 4 is 35.5 Å². The van der Waals surface area contributed by atoms with E-state index in [9.17, 15) is 33.9 Å². The van der Waals surface area contributed by atoms with Crippen LogP contribution in [0.4, 0.5) is 0 Å². The van der Waals surface area contributed by atoms with Crippen molar-refractivity contribution in [2.45, 2.75) is 57.8 Å². The average molecular weight is 631 g/mol. The summed E-state index contributed by atoms with van der Waals surface area (Å²) in [5, 5.41) is 17.1. The number of nitrogens with one attached hydrogen (secondary N) is 3. The largest absolute Gasteiger partial charge is 0.460 e. The van der Waals surface area contributed by atoms with Gasteiger partial charge in [0.25, 0.3) is 11.8 Å². The van der Waals surface area contributed by atoms with E-state index >= 15 is 0 Å². The molecule has 2 unspecified atom stereocenters. The number of nitrogens with zero attached hydrogens (tertiary/aromatic N) is 1. The third kappa shape index (κ3) is 18.3. The highest BCUT2D eigenvalue weighted by molar-refractivity contribution is 6.13. The lowest BCUT2D eigenvalue weighted by Gasteiger charge is -2.21. The van der Waals surface area contributed by atoms with Gasteiger partial charge in [0.05, 0.1) is 39.1 Å². The number of aliphatic hydroxyl groups is 1. The molecule has 4 N–H and O–H groups in total. The number of rotatable bonds is 26. The standard InChI is InChI=1S/C28H46N4O12/c1-3-21(19-33)44-28(40-2)20-43-27(39)6-4-5-22(34)29-11-12-30-24(36)10-15-41-17-18-42-16-13-31-23(35)9-14-32-25(37)7-8-26(32)38/h7-8,21,28,33H,3-6,9-20H2,1-2H3,(H,29,34)(H,30,36)(H,31,35). The van der Waals surface area contributed by atoms with Crippen LogP contribution in [0.15, 0.2) is 12.2 Å². The Bertz CT molecular complexity index is 924. The van der Waals surface area contributed by atoms with E-state index in [1.165, 1.54) is 19.3 Å². The number of hydrogen-bond donors (Lipinski definition) is 4. The van der Waals surface area contributed by atoms with E-state index in [-0.39, 0.29) is 109 Å². The van der Waals surface area contributed by atoms with Crippen LogP contribution in [0.1, 0.15) is 45.4 Å². The van der Waals surface area contributed by atoms with Crippen molar-refractivity contribution in [1.82, 2.24) is 20.9 Å². The van der Waals surface area contributed by atoms with E-state index in [4.69, 9.17) is 23.7 Å². The molecule has 1 aliphatic heterocycles. The van der Waals surface area contributed by atoms with Crippen molar-refractivity contribution in [2.75, 3.05) is 72.9 Å². The number of esters is 1. The fourth-order valence-corrected chi connectivity index (χ4v) is 3.56. The summed E-state index contributed by atoms with van der Waals surface area (Å²) in [6, 6.07) is 0. The summed E-state index contributed by atoms with van der Waals surface area (Å²) in [4.78, 5) is 71.3. The zero-order valence-corrected chi connectivity index (χ0v) is 25.5. The van der Waals surface area contributed by atoms with Gasteiger partial charge in [-0.05, 0) is 12.8 Å². The quantitative estimate of drug-likeness (QED) is 0.0375. The lowest BCUT2D eigenvalue weighted by atomic mass is 10.2. The number of methoxy groups -OCH3 is 1. The van der Waals surface area contributed by atoms with Crippen molar-refractivity contribution in [1.29, 1.82) is 0 Å². The molecule has 0 aliphatic carbocycles. The van der Waals surface area contributed by atoms with Crippen LogP contribution in [-0.4, -0.2) is 131 Å². The first-order chi connectivity index (χ1) is 21.2. The second-order valence-corrected chi connectivity index (χ2v) is 9.49. The van der Waals surface area contributed by atoms with Crippen molar-refractivity contribution in [2.24, 2.45) is 0 Å². The number of ether oxygens (including phenoxy) is 5. The molecular weight excluding hydrogens is 584 g/mol. The van der Waals surface area contributed by atoms with Crippen molar-refractivity contribution < 1.29 is 57.6 Å². The molecule has 0 fully saturated rings. The summed E-state index contributed by atoms with van der Waals surface area (Å²) in [5.41, 5.74) is 0. The summed E-state index contributed by atoms with van der Waals surface area (Å²) in [6.45, 7) is 3.31. The van der Waals surface area contributed by atoms with E-state index in [1.807, 2.05) is 6.92 Å². The van der Waals surface area contributed by atoms with E-state index in [2.05, 4.69) is 16.0 Å². The maximum Gasteiger partial charge on any atom is 0.305 e. The van der Waals surface area contributed by atoms with Gasteiger partial charge in [-0.15, -0.1) is 0 Å². The normalized spacial score (nSPS) is 13.9. The Kier molecular flexibility index (Phi) is 21.0. The van der Waals surface area contributed by atoms with Gasteiger partial charge in [0.2, 0.25) is 17.7 Å². The van der Waals surface area contributed by atoms with Gasteiger partial charge in [0.1, 0.15) is 6.61 Å². The molecule has 1 heterocycles. The van der Waals surface area contributed by atoms with Gasteiger partial charge < -0.3 is 44.7 Å². The molecule has 0 spiro atoms. The van der Waals surface area contributed by atoms with E-state index < -0.39 is 30.2 Å². The monoisotopic (exact) mass is 630 g/mol.